The lowest BCUT2D eigenvalue weighted by molar-refractivity contribution is -0.123. The van der Waals surface area contributed by atoms with Crippen LogP contribution in [0.3, 0.4) is 0 Å². The van der Waals surface area contributed by atoms with E-state index in [-0.39, 0.29) is 5.91 Å². The van der Waals surface area contributed by atoms with Crippen molar-refractivity contribution in [3.05, 3.63) is 35.9 Å². The maximum Gasteiger partial charge on any atom is 0.270 e. The number of nitrogens with zero attached hydrogens (tertiary/aromatic N) is 1. The summed E-state index contributed by atoms with van der Waals surface area (Å²) in [5.74, 6) is 0.354. The lowest BCUT2D eigenvalue weighted by Crippen LogP contribution is -2.30. The van der Waals surface area contributed by atoms with Crippen molar-refractivity contribution in [2.45, 2.75) is 6.10 Å². The van der Waals surface area contributed by atoms with Crippen LogP contribution in [0, 0.1) is 0 Å². The molecule has 0 radical (unpaired) electrons. The van der Waals surface area contributed by atoms with Crippen LogP contribution in [0.5, 0.6) is 5.88 Å². The molecule has 1 aliphatic heterocycles. The largest absolute Gasteiger partial charge is 0.457 e. The molecule has 1 atom stereocenters. The van der Waals surface area contributed by atoms with Crippen molar-refractivity contribution >= 4 is 17.4 Å². The molecule has 0 spiro atoms. The van der Waals surface area contributed by atoms with Gasteiger partial charge in [-0.15, -0.1) is 5.10 Å². The number of aromatic nitrogens is 2. The van der Waals surface area contributed by atoms with Gasteiger partial charge in [-0.1, -0.05) is 30.3 Å². The van der Waals surface area contributed by atoms with Crippen LogP contribution in [-0.4, -0.2) is 16.1 Å². The van der Waals surface area contributed by atoms with Crippen LogP contribution >= 0.6 is 0 Å². The van der Waals surface area contributed by atoms with E-state index in [2.05, 4.69) is 15.5 Å². The Labute approximate surface area is 96.8 Å². The van der Waals surface area contributed by atoms with Crippen LogP contribution < -0.4 is 15.8 Å². The summed E-state index contributed by atoms with van der Waals surface area (Å²) < 4.78 is 5.52. The van der Waals surface area contributed by atoms with Gasteiger partial charge in [0, 0.05) is 5.56 Å². The van der Waals surface area contributed by atoms with Crippen molar-refractivity contribution < 1.29 is 9.53 Å². The first-order chi connectivity index (χ1) is 8.25. The van der Waals surface area contributed by atoms with E-state index in [1.165, 1.54) is 0 Å². The zero-order chi connectivity index (χ0) is 11.8. The van der Waals surface area contributed by atoms with Gasteiger partial charge in [0.25, 0.3) is 11.8 Å². The van der Waals surface area contributed by atoms with E-state index in [4.69, 9.17) is 10.5 Å². The standard InChI is InChI=1S/C11H10N4O2/c12-9-7-11(15-14-9)17-8(10(16)13-7)6-4-2-1-3-5-6/h1-5,8H,(H,13,16)(H3,12,14,15). The third-order valence-corrected chi connectivity index (χ3v) is 2.58. The minimum absolute atomic E-state index is 0.253. The molecule has 2 aromatic rings. The average Bonchev–Trinajstić information content (AvgIpc) is 2.71. The number of benzene rings is 1. The van der Waals surface area contributed by atoms with Crippen molar-refractivity contribution in [3.8, 4) is 5.88 Å². The van der Waals surface area contributed by atoms with E-state index in [1.54, 1.807) is 0 Å². The van der Waals surface area contributed by atoms with Gasteiger partial charge in [0.2, 0.25) is 6.10 Å². The van der Waals surface area contributed by atoms with E-state index in [0.29, 0.717) is 17.4 Å². The lowest BCUT2D eigenvalue weighted by atomic mass is 10.1. The first-order valence-electron chi connectivity index (χ1n) is 5.12. The smallest absolute Gasteiger partial charge is 0.270 e. The van der Waals surface area contributed by atoms with Gasteiger partial charge in [0.05, 0.1) is 0 Å². The molecule has 3 rings (SSSR count). The van der Waals surface area contributed by atoms with E-state index >= 15 is 0 Å². The summed E-state index contributed by atoms with van der Waals surface area (Å²) in [7, 11) is 0. The first kappa shape index (κ1) is 9.71. The van der Waals surface area contributed by atoms with Crippen LogP contribution in [0.15, 0.2) is 30.3 Å². The fourth-order valence-corrected chi connectivity index (χ4v) is 1.75. The number of carbonyl (C=O) groups is 1. The number of hydrogen-bond acceptors (Lipinski definition) is 4. The fourth-order valence-electron chi connectivity index (χ4n) is 1.75. The van der Waals surface area contributed by atoms with Crippen LogP contribution in [0.1, 0.15) is 11.7 Å². The summed E-state index contributed by atoms with van der Waals surface area (Å²) in [6.07, 6.45) is -0.689. The lowest BCUT2D eigenvalue weighted by Gasteiger charge is -2.22. The third kappa shape index (κ3) is 1.50. The Morgan fingerprint density at radius 1 is 1.29 bits per heavy atom. The Kier molecular flexibility index (Phi) is 2.01. The predicted octanol–water partition coefficient (Wildman–Crippen LogP) is 1.06. The highest BCUT2D eigenvalue weighted by Crippen LogP contribution is 2.36. The second-order valence-corrected chi connectivity index (χ2v) is 3.72. The summed E-state index contributed by atoms with van der Waals surface area (Å²) >= 11 is 0. The molecular formula is C11H10N4O2. The highest BCUT2D eigenvalue weighted by Gasteiger charge is 2.32. The minimum atomic E-state index is -0.689. The van der Waals surface area contributed by atoms with Crippen molar-refractivity contribution in [2.75, 3.05) is 11.1 Å². The Morgan fingerprint density at radius 2 is 2.06 bits per heavy atom. The molecule has 6 nitrogen and oxygen atoms in total. The highest BCUT2D eigenvalue weighted by molar-refractivity contribution is 6.00. The molecule has 1 amide bonds. The highest BCUT2D eigenvalue weighted by atomic mass is 16.5. The zero-order valence-electron chi connectivity index (χ0n) is 8.81. The summed E-state index contributed by atoms with van der Waals surface area (Å²) in [6, 6.07) is 9.22. The number of H-pyrrole nitrogens is 1. The number of amides is 1. The van der Waals surface area contributed by atoms with Gasteiger partial charge in [-0.25, -0.2) is 0 Å². The summed E-state index contributed by atoms with van der Waals surface area (Å²) in [5, 5.41) is 9.11. The van der Waals surface area contributed by atoms with Crippen LogP contribution in [0.4, 0.5) is 11.5 Å². The van der Waals surface area contributed by atoms with Gasteiger partial charge < -0.3 is 15.8 Å². The quantitative estimate of drug-likeness (QED) is 0.683. The van der Waals surface area contributed by atoms with E-state index in [0.717, 1.165) is 5.56 Å². The molecule has 4 N–H and O–H groups in total. The summed E-state index contributed by atoms with van der Waals surface area (Å²) in [4.78, 5) is 11.9. The zero-order valence-corrected chi connectivity index (χ0v) is 8.81. The average molecular weight is 230 g/mol. The monoisotopic (exact) mass is 230 g/mol. The molecule has 0 saturated heterocycles. The number of rotatable bonds is 1. The first-order valence-corrected chi connectivity index (χ1v) is 5.12. The minimum Gasteiger partial charge on any atom is -0.457 e. The van der Waals surface area contributed by atoms with Crippen molar-refractivity contribution in [1.82, 2.24) is 10.2 Å². The van der Waals surface area contributed by atoms with Crippen LogP contribution in [0.25, 0.3) is 0 Å². The SMILES string of the molecule is Nc1[nH]nc2c1NC(=O)C(c1ccccc1)O2. The summed E-state index contributed by atoms with van der Waals surface area (Å²) in [5.41, 5.74) is 6.77. The number of carbonyl (C=O) groups excluding carboxylic acids is 1. The molecule has 6 heteroatoms. The van der Waals surface area contributed by atoms with Gasteiger partial charge in [0.15, 0.2) is 0 Å². The molecule has 2 heterocycles. The molecular weight excluding hydrogens is 220 g/mol. The third-order valence-electron chi connectivity index (χ3n) is 2.58. The van der Waals surface area contributed by atoms with Crippen LogP contribution in [0.2, 0.25) is 0 Å². The number of aromatic amines is 1. The molecule has 1 aliphatic rings. The van der Waals surface area contributed by atoms with Gasteiger partial charge in [-0.3, -0.25) is 9.89 Å². The van der Waals surface area contributed by atoms with Gasteiger partial charge >= 0.3 is 0 Å². The topological polar surface area (TPSA) is 93.0 Å². The maximum atomic E-state index is 11.9. The Morgan fingerprint density at radius 3 is 2.82 bits per heavy atom. The van der Waals surface area contributed by atoms with Crippen LogP contribution in [-0.2, 0) is 4.79 Å². The Bertz CT molecular complexity index is 564. The molecule has 1 unspecified atom stereocenters. The van der Waals surface area contributed by atoms with E-state index in [9.17, 15) is 4.79 Å². The van der Waals surface area contributed by atoms with Crippen molar-refractivity contribution in [3.63, 3.8) is 0 Å². The molecule has 1 aromatic heterocycles. The maximum absolute atomic E-state index is 11.9. The number of fused-ring (bicyclic) bond motifs is 1. The normalized spacial score (nSPS) is 18.1. The van der Waals surface area contributed by atoms with E-state index in [1.807, 2.05) is 30.3 Å². The van der Waals surface area contributed by atoms with Crippen molar-refractivity contribution in [2.24, 2.45) is 0 Å². The number of anilines is 2. The molecule has 0 bridgehead atoms. The summed E-state index contributed by atoms with van der Waals surface area (Å²) in [6.45, 7) is 0. The molecule has 0 saturated carbocycles. The van der Waals surface area contributed by atoms with Gasteiger partial charge in [-0.2, -0.15) is 0 Å². The molecule has 0 aliphatic carbocycles. The number of hydrogen-bond donors (Lipinski definition) is 3. The van der Waals surface area contributed by atoms with Gasteiger partial charge in [0.1, 0.15) is 11.5 Å². The van der Waals surface area contributed by atoms with E-state index < -0.39 is 6.10 Å². The number of nitrogen functional groups attached to an aromatic ring is 1. The van der Waals surface area contributed by atoms with Gasteiger partial charge in [-0.05, 0) is 0 Å². The number of nitrogens with two attached hydrogens (primary N) is 1. The molecule has 1 aromatic carbocycles. The second kappa shape index (κ2) is 3.51. The predicted molar refractivity (Wildman–Crippen MR) is 61.4 cm³/mol. The molecule has 86 valence electrons. The molecule has 0 fully saturated rings. The Hall–Kier alpha value is -2.50. The Balaban J connectivity index is 1.98. The molecule has 17 heavy (non-hydrogen) atoms. The fraction of sp³-hybridized carbons (Fsp3) is 0.0909. The number of nitrogens with one attached hydrogen (secondary N) is 2. The van der Waals surface area contributed by atoms with Crippen molar-refractivity contribution in [1.29, 1.82) is 0 Å². The second-order valence-electron chi connectivity index (χ2n) is 3.72. The number of ether oxygens (including phenoxy) is 1.